The summed E-state index contributed by atoms with van der Waals surface area (Å²) in [5.41, 5.74) is 0. The molecular weight excluding hydrogens is 1820 g/mol. The summed E-state index contributed by atoms with van der Waals surface area (Å²) in [6.07, 6.45) is -111. The van der Waals surface area contributed by atoms with Crippen molar-refractivity contribution in [2.24, 2.45) is 0 Å². The summed E-state index contributed by atoms with van der Waals surface area (Å²) in [5, 5.41) is 348. The second-order valence-electron chi connectivity index (χ2n) is 33.8. The van der Waals surface area contributed by atoms with E-state index in [1.165, 1.54) is 6.92 Å². The largest absolute Gasteiger partial charge is 0.394 e. The Balaban J connectivity index is 1.01. The van der Waals surface area contributed by atoms with E-state index in [9.17, 15) is 172 Å². The molecule has 0 aliphatic carbocycles. The lowest BCUT2D eigenvalue weighted by Gasteiger charge is -2.53. The van der Waals surface area contributed by atoms with Crippen molar-refractivity contribution >= 4 is 23.6 Å². The van der Waals surface area contributed by atoms with Crippen molar-refractivity contribution < 1.29 is 272 Å². The molecule has 11 saturated heterocycles. The molecule has 55 atom stereocenters. The third kappa shape index (κ3) is 24.1. The predicted octanol–water partition coefficient (Wildman–Crippen LogP) is -23.4. The molecular formula is C74H124N4O55. The Kier molecular flexibility index (Phi) is 39.1. The third-order valence-corrected chi connectivity index (χ3v) is 24.5. The minimum absolute atomic E-state index is 0.828. The molecule has 11 heterocycles. The number of hydrogen-bond acceptors (Lipinski definition) is 55. The number of aliphatic hydroxyl groups excluding tert-OH is 30. The molecule has 0 radical (unpaired) electrons. The maximum Gasteiger partial charge on any atom is 0.217 e. The second kappa shape index (κ2) is 47.6. The van der Waals surface area contributed by atoms with Crippen LogP contribution in [0.1, 0.15) is 34.6 Å². The Morgan fingerprint density at radius 3 is 0.925 bits per heavy atom. The molecule has 0 bridgehead atoms. The van der Waals surface area contributed by atoms with Gasteiger partial charge in [-0.15, -0.1) is 0 Å². The van der Waals surface area contributed by atoms with Gasteiger partial charge < -0.3 is 274 Å². The van der Waals surface area contributed by atoms with E-state index >= 15 is 0 Å². The molecule has 11 fully saturated rings. The highest BCUT2D eigenvalue weighted by Crippen LogP contribution is 2.42. The highest BCUT2D eigenvalue weighted by molar-refractivity contribution is 5.74. The number of amides is 4. The van der Waals surface area contributed by atoms with Crippen LogP contribution in [0, 0.1) is 0 Å². The van der Waals surface area contributed by atoms with E-state index in [1.807, 2.05) is 0 Å². The van der Waals surface area contributed by atoms with Crippen LogP contribution in [0.25, 0.3) is 0 Å². The topological polar surface area (TPSA) is 917 Å². The summed E-state index contributed by atoms with van der Waals surface area (Å²) in [6.45, 7) is -6.83. The first kappa shape index (κ1) is 109. The smallest absolute Gasteiger partial charge is 0.217 e. The zero-order chi connectivity index (χ0) is 97.8. The second-order valence-corrected chi connectivity index (χ2v) is 33.8. The lowest BCUT2D eigenvalue weighted by atomic mass is 9.93. The van der Waals surface area contributed by atoms with Crippen LogP contribution in [0.5, 0.6) is 0 Å². The average molecular weight is 1950 g/mol. The third-order valence-electron chi connectivity index (χ3n) is 24.5. The average Bonchev–Trinajstić information content (AvgIpc) is 0.753. The highest BCUT2D eigenvalue weighted by Gasteiger charge is 2.63. The number of aliphatic hydroxyl groups is 30. The van der Waals surface area contributed by atoms with Gasteiger partial charge in [0, 0.05) is 27.7 Å². The van der Waals surface area contributed by atoms with Crippen molar-refractivity contribution in [2.75, 3.05) is 66.1 Å². The van der Waals surface area contributed by atoms with Crippen LogP contribution in [0.4, 0.5) is 0 Å². The molecule has 770 valence electrons. The zero-order valence-electron chi connectivity index (χ0n) is 71.4. The monoisotopic (exact) mass is 1950 g/mol. The maximum absolute atomic E-state index is 13.9. The van der Waals surface area contributed by atoms with Crippen molar-refractivity contribution in [3.05, 3.63) is 0 Å². The van der Waals surface area contributed by atoms with Crippen LogP contribution in [0.2, 0.25) is 0 Å². The first-order valence-electron chi connectivity index (χ1n) is 42.5. The molecule has 34 N–H and O–H groups in total. The lowest BCUT2D eigenvalue weighted by Crippen LogP contribution is -2.72. The van der Waals surface area contributed by atoms with Gasteiger partial charge in [0.05, 0.1) is 72.2 Å². The van der Waals surface area contributed by atoms with Gasteiger partial charge in [0.1, 0.15) is 262 Å². The Morgan fingerprint density at radius 2 is 0.474 bits per heavy atom. The van der Waals surface area contributed by atoms with E-state index in [2.05, 4.69) is 21.3 Å². The van der Waals surface area contributed by atoms with Crippen LogP contribution in [-0.2, 0) is 119 Å². The number of ether oxygens (including phenoxy) is 21. The minimum atomic E-state index is -2.76. The minimum Gasteiger partial charge on any atom is -0.394 e. The van der Waals surface area contributed by atoms with Gasteiger partial charge in [0.25, 0.3) is 0 Å². The molecule has 0 saturated carbocycles. The fourth-order valence-corrected chi connectivity index (χ4v) is 17.3. The molecule has 4 amide bonds. The van der Waals surface area contributed by atoms with Crippen molar-refractivity contribution in [1.82, 2.24) is 21.3 Å². The van der Waals surface area contributed by atoms with Crippen LogP contribution >= 0.6 is 0 Å². The first-order valence-corrected chi connectivity index (χ1v) is 42.5. The fourth-order valence-electron chi connectivity index (χ4n) is 17.3. The first-order chi connectivity index (χ1) is 62.9. The van der Waals surface area contributed by atoms with Crippen LogP contribution < -0.4 is 21.3 Å². The van der Waals surface area contributed by atoms with Crippen molar-refractivity contribution in [2.45, 2.75) is 372 Å². The molecule has 59 heteroatoms. The Bertz CT molecular complexity index is 3630. The Hall–Kier alpha value is -4.16. The quantitative estimate of drug-likeness (QED) is 0.0284. The molecule has 0 spiro atoms. The normalized spacial score (nSPS) is 50.1. The summed E-state index contributed by atoms with van der Waals surface area (Å²) in [6, 6.07) is -7.85. The van der Waals surface area contributed by atoms with Gasteiger partial charge in [-0.05, 0) is 6.92 Å². The molecule has 0 aromatic heterocycles. The molecule has 59 nitrogen and oxygen atoms in total. The fraction of sp³-hybridized carbons (Fsp3) is 0.946. The SMILES string of the molecule is CC(=O)N[C@H]1[C@H](O[C@H]2[C@H](O)[C@@H](NC(C)=O)C(O)O[C@@H]2CO)O[C@H](CO)[C@@H](O[C@@H]2O[C@H](CO[C@H]3O[C@H](CO[C@H]4O[C@H](CO)[C@@H](O)[C@H](O)[C@@H]4O)[C@@H](O)[C@H](O[C@H]4O[C@H](CO)[C@@H](O)[C@H](O)[C@@H]4O)[C@@H]3O)[C@@H](O)[C@H](O[C@H]3O[C@H](CO)[C@@H](O[C@@H]4O[C@H](CO)[C@@H](O)[C@H](O)[C@H]4NC(C)=O)[C@H](O)[C@@H]3O[C@@H]3O[C@H](CO)[C@@H](O[C@@H]4O[C@H](CO)[C@H](O)[C@H](O)[C@H]4O)[C@H](O[C@@H]4O[C@@H](C)[C@@H](O)[C@@H](O)[C@@H]4O)[C@H]3NC(C)=O)[C@@H]2O)[C@@H]1O. The zero-order valence-corrected chi connectivity index (χ0v) is 71.4. The van der Waals surface area contributed by atoms with E-state index in [-0.39, 0.29) is 0 Å². The molecule has 11 rings (SSSR count). The van der Waals surface area contributed by atoms with Gasteiger partial charge in [0.15, 0.2) is 69.2 Å². The summed E-state index contributed by atoms with van der Waals surface area (Å²) in [5.74, 6) is -3.89. The van der Waals surface area contributed by atoms with Crippen molar-refractivity contribution in [1.29, 1.82) is 0 Å². The van der Waals surface area contributed by atoms with Gasteiger partial charge in [-0.25, -0.2) is 0 Å². The summed E-state index contributed by atoms with van der Waals surface area (Å²) < 4.78 is 127. The predicted molar refractivity (Wildman–Crippen MR) is 407 cm³/mol. The van der Waals surface area contributed by atoms with Crippen LogP contribution in [-0.4, -0.2) is 580 Å². The molecule has 11 aliphatic heterocycles. The van der Waals surface area contributed by atoms with Crippen molar-refractivity contribution in [3.8, 4) is 0 Å². The summed E-state index contributed by atoms with van der Waals surface area (Å²) in [4.78, 5) is 52.2. The van der Waals surface area contributed by atoms with Gasteiger partial charge in [0.2, 0.25) is 23.6 Å². The van der Waals surface area contributed by atoms with E-state index in [1.54, 1.807) is 0 Å². The van der Waals surface area contributed by atoms with E-state index in [0.29, 0.717) is 0 Å². The van der Waals surface area contributed by atoms with E-state index < -0.39 is 427 Å². The Labute approximate surface area is 752 Å². The highest BCUT2D eigenvalue weighted by atomic mass is 16.8. The number of carbonyl (C=O) groups excluding carboxylic acids is 4. The molecule has 0 aromatic rings. The molecule has 11 aliphatic rings. The maximum atomic E-state index is 13.9. The number of hydrogen-bond donors (Lipinski definition) is 34. The lowest BCUT2D eigenvalue weighted by molar-refractivity contribution is -0.409. The molecule has 133 heavy (non-hydrogen) atoms. The Morgan fingerprint density at radius 1 is 0.211 bits per heavy atom. The number of rotatable bonds is 34. The molecule has 1 unspecified atom stereocenters. The summed E-state index contributed by atoms with van der Waals surface area (Å²) in [7, 11) is 0. The summed E-state index contributed by atoms with van der Waals surface area (Å²) >= 11 is 0. The van der Waals surface area contributed by atoms with Gasteiger partial charge in [-0.1, -0.05) is 0 Å². The van der Waals surface area contributed by atoms with E-state index in [4.69, 9.17) is 99.5 Å². The van der Waals surface area contributed by atoms with Crippen LogP contribution in [0.3, 0.4) is 0 Å². The number of nitrogens with one attached hydrogen (secondary N) is 4. The van der Waals surface area contributed by atoms with Crippen LogP contribution in [0.15, 0.2) is 0 Å². The van der Waals surface area contributed by atoms with E-state index in [0.717, 1.165) is 27.7 Å². The number of carbonyl (C=O) groups is 4. The van der Waals surface area contributed by atoms with Gasteiger partial charge in [-0.3, -0.25) is 19.2 Å². The van der Waals surface area contributed by atoms with Gasteiger partial charge >= 0.3 is 0 Å². The molecule has 0 aromatic carbocycles. The standard InChI is InChI=1S/C74H124N4O55/c1-16-35(91)45(101)50(106)70(115-16)130-60-34(78-20(5)90)67(122-28(13-86)59(60)129-71-51(107)47(103)38(94)23(8-81)119-71)133-63-53(109)58(127-65-32(76-18(3)88)42(98)36(92)21(6-79)117-65)27(12-85)123-74(63)132-62-41(97)30(125-73(55(62)111)128-57-26(11-84)121-66(33(44(57)100)77-19(4)89)126-56-25(10-83)116-64(112)31(43(56)99)75-17(2)87)15-114-69-54(110)61(131-72-52(108)48(104)39(95)24(9-82)120-72)40(96)29(124-69)14-113-68-49(105)46(102)37(93)22(7-80)118-68/h16,21-74,79-86,91-112H,6-15H2,1-5H3,(H,75,87)(H,76,88)(H,77,89)(H,78,90)/t16-,21+,22+,23+,24+,25+,26+,27+,28+,29+,30+,31+,32+,33+,34+,35+,36+,37+,38-,39+,40+,41+,42+,43+,44+,45+,46-,47-,48-,49-,50-,51+,52-,53-,54-,55-,56+,57+,58+,59+,60+,61-,62-,63-,64?,65-,66-,67-,68-,69-,70-,71-,72+,73-,74+/m0/s1. The van der Waals surface area contributed by atoms with Gasteiger partial charge in [-0.2, -0.15) is 0 Å². The van der Waals surface area contributed by atoms with Crippen molar-refractivity contribution in [3.63, 3.8) is 0 Å².